The van der Waals surface area contributed by atoms with Crippen LogP contribution in [0.1, 0.15) is 11.1 Å². The minimum Gasteiger partial charge on any atom is -0.358 e. The molecule has 19 heavy (non-hydrogen) atoms. The van der Waals surface area contributed by atoms with E-state index >= 15 is 0 Å². The minimum absolute atomic E-state index is 0.642. The van der Waals surface area contributed by atoms with Gasteiger partial charge in [0.15, 0.2) is 5.11 Å². The molecule has 0 unspecified atom stereocenters. The fourth-order valence-electron chi connectivity index (χ4n) is 1.62. The van der Waals surface area contributed by atoms with E-state index in [1.54, 1.807) is 0 Å². The molecule has 0 aliphatic rings. The van der Waals surface area contributed by atoms with Gasteiger partial charge in [0.25, 0.3) is 0 Å². The number of hydrogen-bond donors (Lipinski definition) is 2. The van der Waals surface area contributed by atoms with Gasteiger partial charge in [-0.2, -0.15) is 0 Å². The number of thiocarbonyl (C=S) groups is 1. The lowest BCUT2D eigenvalue weighted by atomic mass is 10.2. The van der Waals surface area contributed by atoms with E-state index in [1.807, 2.05) is 24.3 Å². The SMILES string of the molecule is Cc1ccc(NC(=S)NCc2ccccc2)cc1I. The zero-order chi connectivity index (χ0) is 13.7. The molecule has 2 rings (SSSR count). The fourth-order valence-corrected chi connectivity index (χ4v) is 2.33. The van der Waals surface area contributed by atoms with Gasteiger partial charge in [0.2, 0.25) is 0 Å². The average molecular weight is 382 g/mol. The highest BCUT2D eigenvalue weighted by Crippen LogP contribution is 2.16. The zero-order valence-electron chi connectivity index (χ0n) is 10.6. The first-order valence-electron chi connectivity index (χ1n) is 6.00. The molecule has 0 amide bonds. The first-order valence-corrected chi connectivity index (χ1v) is 7.49. The van der Waals surface area contributed by atoms with Gasteiger partial charge in [-0.25, -0.2) is 0 Å². The van der Waals surface area contributed by atoms with Crippen LogP contribution in [0.3, 0.4) is 0 Å². The van der Waals surface area contributed by atoms with E-state index in [0.717, 1.165) is 12.2 Å². The molecule has 0 radical (unpaired) electrons. The average Bonchev–Trinajstić information content (AvgIpc) is 2.42. The molecule has 2 aromatic rings. The molecule has 0 saturated carbocycles. The summed E-state index contributed by atoms with van der Waals surface area (Å²) < 4.78 is 1.23. The molecular formula is C15H15IN2S. The molecule has 0 aromatic heterocycles. The van der Waals surface area contributed by atoms with E-state index in [9.17, 15) is 0 Å². The standard InChI is InChI=1S/C15H15IN2S/c1-11-7-8-13(9-14(11)16)18-15(19)17-10-12-5-3-2-4-6-12/h2-9H,10H2,1H3,(H2,17,18,19). The normalized spacial score (nSPS) is 10.0. The lowest BCUT2D eigenvalue weighted by Crippen LogP contribution is -2.27. The Bertz CT molecular complexity index is 570. The molecule has 4 heteroatoms. The van der Waals surface area contributed by atoms with E-state index in [1.165, 1.54) is 14.7 Å². The van der Waals surface area contributed by atoms with Crippen molar-refractivity contribution in [2.45, 2.75) is 13.5 Å². The van der Waals surface area contributed by atoms with E-state index in [0.29, 0.717) is 5.11 Å². The van der Waals surface area contributed by atoms with Gasteiger partial charge in [-0.1, -0.05) is 36.4 Å². The number of anilines is 1. The van der Waals surface area contributed by atoms with Gasteiger partial charge < -0.3 is 10.6 Å². The Balaban J connectivity index is 1.89. The van der Waals surface area contributed by atoms with Crippen molar-refractivity contribution >= 4 is 45.6 Å². The third-order valence-corrected chi connectivity index (χ3v) is 4.13. The molecule has 0 saturated heterocycles. The van der Waals surface area contributed by atoms with E-state index in [2.05, 4.69) is 64.4 Å². The molecule has 2 aromatic carbocycles. The molecule has 98 valence electrons. The summed E-state index contributed by atoms with van der Waals surface area (Å²) >= 11 is 7.61. The van der Waals surface area contributed by atoms with Crippen molar-refractivity contribution in [1.29, 1.82) is 0 Å². The van der Waals surface area contributed by atoms with Gasteiger partial charge in [0.1, 0.15) is 0 Å². The molecule has 0 spiro atoms. The van der Waals surface area contributed by atoms with Crippen molar-refractivity contribution in [3.63, 3.8) is 0 Å². The third-order valence-electron chi connectivity index (χ3n) is 2.73. The molecule has 0 heterocycles. The van der Waals surface area contributed by atoms with E-state index < -0.39 is 0 Å². The largest absolute Gasteiger partial charge is 0.358 e. The highest BCUT2D eigenvalue weighted by atomic mass is 127. The van der Waals surface area contributed by atoms with Crippen LogP contribution in [0.15, 0.2) is 48.5 Å². The number of aryl methyl sites for hydroxylation is 1. The predicted molar refractivity (Wildman–Crippen MR) is 93.4 cm³/mol. The smallest absolute Gasteiger partial charge is 0.171 e. The van der Waals surface area contributed by atoms with E-state index in [4.69, 9.17) is 12.2 Å². The maximum Gasteiger partial charge on any atom is 0.171 e. The first kappa shape index (κ1) is 14.3. The molecule has 0 fully saturated rings. The van der Waals surface area contributed by atoms with Gasteiger partial charge in [-0.3, -0.25) is 0 Å². The molecule has 0 bridgehead atoms. The summed E-state index contributed by atoms with van der Waals surface area (Å²) in [5.41, 5.74) is 3.50. The Labute approximate surface area is 132 Å². The van der Waals surface area contributed by atoms with Crippen LogP contribution in [0, 0.1) is 10.5 Å². The summed E-state index contributed by atoms with van der Waals surface area (Å²) in [6, 6.07) is 16.4. The summed E-state index contributed by atoms with van der Waals surface area (Å²) in [5.74, 6) is 0. The number of rotatable bonds is 3. The lowest BCUT2D eigenvalue weighted by Gasteiger charge is -2.11. The van der Waals surface area contributed by atoms with Crippen molar-refractivity contribution in [1.82, 2.24) is 5.32 Å². The van der Waals surface area contributed by atoms with Crippen LogP contribution >= 0.6 is 34.8 Å². The highest BCUT2D eigenvalue weighted by Gasteiger charge is 2.00. The first-order chi connectivity index (χ1) is 9.15. The minimum atomic E-state index is 0.642. The Morgan fingerprint density at radius 2 is 1.89 bits per heavy atom. The highest BCUT2D eigenvalue weighted by molar-refractivity contribution is 14.1. The Hall–Kier alpha value is -1.14. The van der Waals surface area contributed by atoms with Crippen molar-refractivity contribution in [2.24, 2.45) is 0 Å². The van der Waals surface area contributed by atoms with Gasteiger partial charge in [-0.05, 0) is 65.0 Å². The van der Waals surface area contributed by atoms with Crippen LogP contribution in [-0.4, -0.2) is 5.11 Å². The van der Waals surface area contributed by atoms with Crippen LogP contribution in [0.2, 0.25) is 0 Å². The van der Waals surface area contributed by atoms with Crippen LogP contribution in [0.4, 0.5) is 5.69 Å². The second-order valence-electron chi connectivity index (χ2n) is 4.26. The number of halogens is 1. The van der Waals surface area contributed by atoms with Crippen molar-refractivity contribution in [2.75, 3.05) is 5.32 Å². The van der Waals surface area contributed by atoms with Crippen LogP contribution in [0.5, 0.6) is 0 Å². The van der Waals surface area contributed by atoms with Gasteiger partial charge in [0, 0.05) is 15.8 Å². The van der Waals surface area contributed by atoms with Gasteiger partial charge in [0.05, 0.1) is 0 Å². The lowest BCUT2D eigenvalue weighted by molar-refractivity contribution is 0.926. The van der Waals surface area contributed by atoms with Crippen LogP contribution < -0.4 is 10.6 Å². The summed E-state index contributed by atoms with van der Waals surface area (Å²) in [6.45, 7) is 2.83. The second-order valence-corrected chi connectivity index (χ2v) is 5.83. The Morgan fingerprint density at radius 3 is 2.58 bits per heavy atom. The fraction of sp³-hybridized carbons (Fsp3) is 0.133. The molecule has 0 aliphatic heterocycles. The van der Waals surface area contributed by atoms with Crippen molar-refractivity contribution < 1.29 is 0 Å². The third kappa shape index (κ3) is 4.47. The quantitative estimate of drug-likeness (QED) is 0.618. The molecule has 2 nitrogen and oxygen atoms in total. The molecular weight excluding hydrogens is 367 g/mol. The summed E-state index contributed by atoms with van der Waals surface area (Å²) in [5, 5.41) is 7.04. The molecule has 0 aliphatic carbocycles. The second kappa shape index (κ2) is 6.86. The summed E-state index contributed by atoms with van der Waals surface area (Å²) in [6.07, 6.45) is 0. The van der Waals surface area contributed by atoms with Crippen LogP contribution in [0.25, 0.3) is 0 Å². The number of nitrogens with one attached hydrogen (secondary N) is 2. The predicted octanol–water partition coefficient (Wildman–Crippen LogP) is 4.09. The van der Waals surface area contributed by atoms with E-state index in [-0.39, 0.29) is 0 Å². The molecule has 2 N–H and O–H groups in total. The summed E-state index contributed by atoms with van der Waals surface area (Å²) in [4.78, 5) is 0. The van der Waals surface area contributed by atoms with Gasteiger partial charge in [-0.15, -0.1) is 0 Å². The Morgan fingerprint density at radius 1 is 1.16 bits per heavy atom. The Kier molecular flexibility index (Phi) is 5.15. The molecule has 0 atom stereocenters. The topological polar surface area (TPSA) is 24.1 Å². The van der Waals surface area contributed by atoms with Crippen molar-refractivity contribution in [3.8, 4) is 0 Å². The van der Waals surface area contributed by atoms with Crippen LogP contribution in [-0.2, 0) is 6.54 Å². The zero-order valence-corrected chi connectivity index (χ0v) is 13.6. The monoisotopic (exact) mass is 382 g/mol. The number of hydrogen-bond acceptors (Lipinski definition) is 1. The van der Waals surface area contributed by atoms with Crippen molar-refractivity contribution in [3.05, 3.63) is 63.2 Å². The summed E-state index contributed by atoms with van der Waals surface area (Å²) in [7, 11) is 0. The maximum absolute atomic E-state index is 5.29. The van der Waals surface area contributed by atoms with Gasteiger partial charge >= 0.3 is 0 Å². The number of benzene rings is 2. The maximum atomic E-state index is 5.29.